The fourth-order valence-corrected chi connectivity index (χ4v) is 5.39. The highest BCUT2D eigenvalue weighted by Gasteiger charge is 2.27. The van der Waals surface area contributed by atoms with Crippen LogP contribution in [0, 0.1) is 0 Å². The molecule has 3 aromatic heterocycles. The van der Waals surface area contributed by atoms with E-state index in [1.165, 1.54) is 45.2 Å². The van der Waals surface area contributed by atoms with Crippen LogP contribution in [0.5, 0.6) is 0 Å². The monoisotopic (exact) mass is 382 g/mol. The lowest BCUT2D eigenvalue weighted by Crippen LogP contribution is -2.46. The number of pyridine rings is 1. The molecule has 0 unspecified atom stereocenters. The molecule has 6 nitrogen and oxygen atoms in total. The van der Waals surface area contributed by atoms with E-state index in [9.17, 15) is 0 Å². The van der Waals surface area contributed by atoms with Crippen molar-refractivity contribution in [2.24, 2.45) is 7.05 Å². The van der Waals surface area contributed by atoms with Crippen LogP contribution < -0.4 is 4.90 Å². The fourth-order valence-electron chi connectivity index (χ4n) is 4.38. The number of anilines is 1. The molecular weight excluding hydrogens is 356 g/mol. The molecule has 0 saturated carbocycles. The molecule has 3 aromatic rings. The van der Waals surface area contributed by atoms with Gasteiger partial charge >= 0.3 is 0 Å². The summed E-state index contributed by atoms with van der Waals surface area (Å²) >= 11 is 1.77. The van der Waals surface area contributed by atoms with Crippen molar-refractivity contribution in [3.63, 3.8) is 0 Å². The molecule has 0 spiro atoms. The maximum Gasteiger partial charge on any atom is 0.188 e. The Morgan fingerprint density at radius 1 is 1.00 bits per heavy atom. The van der Waals surface area contributed by atoms with Crippen molar-refractivity contribution in [2.45, 2.75) is 38.1 Å². The summed E-state index contributed by atoms with van der Waals surface area (Å²) in [6, 6.07) is 2.97. The average molecular weight is 383 g/mol. The van der Waals surface area contributed by atoms with Gasteiger partial charge in [0.2, 0.25) is 0 Å². The molecule has 27 heavy (non-hydrogen) atoms. The summed E-state index contributed by atoms with van der Waals surface area (Å²) in [6.45, 7) is 4.81. The van der Waals surface area contributed by atoms with Crippen molar-refractivity contribution < 1.29 is 0 Å². The summed E-state index contributed by atoms with van der Waals surface area (Å²) in [5, 5.41) is 5.38. The van der Waals surface area contributed by atoms with Crippen molar-refractivity contribution in [3.05, 3.63) is 24.7 Å². The van der Waals surface area contributed by atoms with Gasteiger partial charge in [-0.05, 0) is 44.8 Å². The Bertz CT molecular complexity index is 918. The molecule has 5 heterocycles. The quantitative estimate of drug-likeness (QED) is 0.693. The van der Waals surface area contributed by atoms with Crippen LogP contribution in [-0.4, -0.2) is 56.9 Å². The second-order valence-corrected chi connectivity index (χ2v) is 8.77. The number of rotatable bonds is 3. The molecule has 0 aromatic carbocycles. The largest absolute Gasteiger partial charge is 0.348 e. The lowest BCUT2D eigenvalue weighted by atomic mass is 10.0. The summed E-state index contributed by atoms with van der Waals surface area (Å²) in [5.74, 6) is 0. The Kier molecular flexibility index (Phi) is 4.57. The first-order valence-corrected chi connectivity index (χ1v) is 10.8. The molecule has 0 N–H and O–H groups in total. The first-order valence-electron chi connectivity index (χ1n) is 10.0. The molecule has 5 rings (SSSR count). The van der Waals surface area contributed by atoms with Crippen molar-refractivity contribution >= 4 is 26.8 Å². The smallest absolute Gasteiger partial charge is 0.188 e. The van der Waals surface area contributed by atoms with Crippen LogP contribution in [0.1, 0.15) is 32.1 Å². The first kappa shape index (κ1) is 17.1. The molecule has 2 aliphatic heterocycles. The maximum atomic E-state index is 4.81. The average Bonchev–Trinajstić information content (AvgIpc) is 3.34. The maximum absolute atomic E-state index is 4.81. The third-order valence-corrected chi connectivity index (χ3v) is 6.97. The predicted octanol–water partition coefficient (Wildman–Crippen LogP) is 3.55. The number of aryl methyl sites for hydroxylation is 1. The Balaban J connectivity index is 1.30. The predicted molar refractivity (Wildman–Crippen MR) is 110 cm³/mol. The number of thiazole rings is 1. The Morgan fingerprint density at radius 3 is 2.56 bits per heavy atom. The van der Waals surface area contributed by atoms with Crippen molar-refractivity contribution in [1.82, 2.24) is 24.6 Å². The highest BCUT2D eigenvalue weighted by atomic mass is 32.1. The molecule has 0 atom stereocenters. The summed E-state index contributed by atoms with van der Waals surface area (Å²) in [5.41, 5.74) is 3.07. The van der Waals surface area contributed by atoms with Crippen molar-refractivity contribution in [3.8, 4) is 11.1 Å². The normalized spacial score (nSPS) is 19.8. The van der Waals surface area contributed by atoms with Gasteiger partial charge in [0.1, 0.15) is 0 Å². The van der Waals surface area contributed by atoms with Crippen molar-refractivity contribution in [2.75, 3.05) is 31.1 Å². The zero-order chi connectivity index (χ0) is 18.2. The molecule has 2 aliphatic rings. The third-order valence-electron chi connectivity index (χ3n) is 5.92. The second-order valence-electron chi connectivity index (χ2n) is 7.76. The summed E-state index contributed by atoms with van der Waals surface area (Å²) < 4.78 is 2.98. The number of fused-ring (bicyclic) bond motifs is 1. The van der Waals surface area contributed by atoms with Crippen LogP contribution in [0.3, 0.4) is 0 Å². The van der Waals surface area contributed by atoms with Gasteiger partial charge in [0.25, 0.3) is 0 Å². The lowest BCUT2D eigenvalue weighted by molar-refractivity contribution is 0.141. The van der Waals surface area contributed by atoms with E-state index in [2.05, 4.69) is 25.9 Å². The molecule has 0 aliphatic carbocycles. The van der Waals surface area contributed by atoms with Gasteiger partial charge in [-0.2, -0.15) is 10.1 Å². The van der Waals surface area contributed by atoms with Gasteiger partial charge in [-0.25, -0.2) is 4.98 Å². The van der Waals surface area contributed by atoms with Gasteiger partial charge in [0.05, 0.1) is 10.9 Å². The number of hydrogen-bond acceptors (Lipinski definition) is 6. The van der Waals surface area contributed by atoms with Gasteiger partial charge in [0, 0.05) is 49.7 Å². The van der Waals surface area contributed by atoms with E-state index in [1.54, 1.807) is 11.3 Å². The van der Waals surface area contributed by atoms with Gasteiger partial charge in [-0.3, -0.25) is 4.68 Å². The fraction of sp³-hybridized carbons (Fsp3) is 0.550. The Labute approximate surface area is 163 Å². The van der Waals surface area contributed by atoms with E-state index in [4.69, 9.17) is 4.98 Å². The molecule has 2 fully saturated rings. The zero-order valence-electron chi connectivity index (χ0n) is 15.8. The number of nitrogens with zero attached hydrogens (tertiary/aromatic N) is 6. The second kappa shape index (κ2) is 7.20. The van der Waals surface area contributed by atoms with Crippen LogP contribution in [0.2, 0.25) is 0 Å². The van der Waals surface area contributed by atoms with Crippen molar-refractivity contribution in [1.29, 1.82) is 0 Å². The lowest BCUT2D eigenvalue weighted by Gasteiger charge is -2.40. The Hall–Kier alpha value is -1.99. The van der Waals surface area contributed by atoms with Crippen LogP contribution >= 0.6 is 11.3 Å². The van der Waals surface area contributed by atoms with Gasteiger partial charge in [0.15, 0.2) is 10.8 Å². The topological polar surface area (TPSA) is 50.1 Å². The zero-order valence-corrected chi connectivity index (χ0v) is 16.7. The van der Waals surface area contributed by atoms with E-state index >= 15 is 0 Å². The minimum atomic E-state index is 0.770. The molecular formula is C20H26N6S. The molecule has 2 saturated heterocycles. The summed E-state index contributed by atoms with van der Waals surface area (Å²) in [7, 11) is 1.94. The van der Waals surface area contributed by atoms with E-state index in [0.29, 0.717) is 0 Å². The van der Waals surface area contributed by atoms with E-state index in [-0.39, 0.29) is 0 Å². The minimum absolute atomic E-state index is 0.770. The first-order chi connectivity index (χ1) is 13.3. The minimum Gasteiger partial charge on any atom is -0.348 e. The van der Waals surface area contributed by atoms with Gasteiger partial charge < -0.3 is 9.80 Å². The standard InChI is InChI=1S/C20H26N6S/c1-24-14-16(13-22-24)15-11-18-19(21-12-15)23-20(27-18)26-9-5-17(6-10-26)25-7-3-2-4-8-25/h11-14,17H,2-10H2,1H3. The summed E-state index contributed by atoms with van der Waals surface area (Å²) in [6.07, 6.45) is 12.5. The van der Waals surface area contributed by atoms with E-state index in [1.807, 2.05) is 30.3 Å². The number of likely N-dealkylation sites (tertiary alicyclic amines) is 1. The highest BCUT2D eigenvalue weighted by molar-refractivity contribution is 7.22. The van der Waals surface area contributed by atoms with Crippen LogP contribution in [0.4, 0.5) is 5.13 Å². The van der Waals surface area contributed by atoms with E-state index < -0.39 is 0 Å². The highest BCUT2D eigenvalue weighted by Crippen LogP contribution is 2.33. The number of aromatic nitrogens is 4. The van der Waals surface area contributed by atoms with Crippen LogP contribution in [-0.2, 0) is 7.05 Å². The van der Waals surface area contributed by atoms with E-state index in [0.717, 1.165) is 45.7 Å². The van der Waals surface area contributed by atoms with Crippen LogP contribution in [0.25, 0.3) is 21.5 Å². The van der Waals surface area contributed by atoms with Crippen LogP contribution in [0.15, 0.2) is 24.7 Å². The number of hydrogen-bond donors (Lipinski definition) is 0. The number of piperidine rings is 2. The Morgan fingerprint density at radius 2 is 1.81 bits per heavy atom. The molecule has 0 radical (unpaired) electrons. The summed E-state index contributed by atoms with van der Waals surface area (Å²) in [4.78, 5) is 14.6. The molecule has 7 heteroatoms. The molecule has 0 bridgehead atoms. The van der Waals surface area contributed by atoms with Gasteiger partial charge in [-0.1, -0.05) is 17.8 Å². The third kappa shape index (κ3) is 3.46. The van der Waals surface area contributed by atoms with Gasteiger partial charge in [-0.15, -0.1) is 0 Å². The SMILES string of the molecule is Cn1cc(-c2cnc3nc(N4CCC(N5CCCCC5)CC4)sc3c2)cn1. The molecule has 0 amide bonds. The molecule has 142 valence electrons.